The average Bonchev–Trinajstić information content (AvgIpc) is 3.29. The second kappa shape index (κ2) is 9.59. The van der Waals surface area contributed by atoms with Crippen molar-refractivity contribution in [2.75, 3.05) is 25.6 Å². The third-order valence-electron chi connectivity index (χ3n) is 5.10. The van der Waals surface area contributed by atoms with Crippen molar-refractivity contribution in [2.45, 2.75) is 24.2 Å². The third kappa shape index (κ3) is 5.12. The zero-order valence-electron chi connectivity index (χ0n) is 17.2. The van der Waals surface area contributed by atoms with Crippen molar-refractivity contribution in [3.05, 3.63) is 59.5 Å². The minimum atomic E-state index is -3.42. The first-order chi connectivity index (χ1) is 15.1. The van der Waals surface area contributed by atoms with Crippen LogP contribution in [0.3, 0.4) is 0 Å². The van der Waals surface area contributed by atoms with Crippen LogP contribution < -0.4 is 10.2 Å². The second-order valence-electron chi connectivity index (χ2n) is 7.17. The standard InChI is InChI=1S/C22H24N4O3S2/c1-29-19-9-5-17(6-10-19)15-23-25-22-24-21(16-30-22)18-7-11-20(12-8-18)31(27,28)26-13-3-2-4-14-26/h5-12,15-16H,2-4,13-14H2,1H3,(H,24,25)/b23-15-. The number of hydrazone groups is 1. The summed E-state index contributed by atoms with van der Waals surface area (Å²) in [6, 6.07) is 14.5. The van der Waals surface area contributed by atoms with Crippen LogP contribution in [0, 0.1) is 0 Å². The number of nitrogens with one attached hydrogen (secondary N) is 1. The Morgan fingerprint density at radius 3 is 2.45 bits per heavy atom. The number of piperidine rings is 1. The molecule has 1 aliphatic rings. The molecule has 162 valence electrons. The van der Waals surface area contributed by atoms with Gasteiger partial charge in [0.15, 0.2) is 0 Å². The van der Waals surface area contributed by atoms with Crippen LogP contribution in [0.25, 0.3) is 11.3 Å². The summed E-state index contributed by atoms with van der Waals surface area (Å²) < 4.78 is 32.3. The predicted octanol–water partition coefficient (Wildman–Crippen LogP) is 4.44. The number of thiazole rings is 1. The summed E-state index contributed by atoms with van der Waals surface area (Å²) in [7, 11) is -1.79. The Morgan fingerprint density at radius 2 is 1.77 bits per heavy atom. The Labute approximate surface area is 186 Å². The van der Waals surface area contributed by atoms with Gasteiger partial charge in [-0.25, -0.2) is 13.4 Å². The van der Waals surface area contributed by atoms with E-state index in [-0.39, 0.29) is 0 Å². The summed E-state index contributed by atoms with van der Waals surface area (Å²) in [6.45, 7) is 1.20. The molecule has 2 heterocycles. The molecule has 1 aliphatic heterocycles. The van der Waals surface area contributed by atoms with Crippen molar-refractivity contribution in [3.63, 3.8) is 0 Å². The zero-order chi connectivity index (χ0) is 21.7. The molecule has 0 aliphatic carbocycles. The van der Waals surface area contributed by atoms with Gasteiger partial charge < -0.3 is 4.74 Å². The number of hydrogen-bond donors (Lipinski definition) is 1. The maximum atomic E-state index is 12.8. The summed E-state index contributed by atoms with van der Waals surface area (Å²) in [6.07, 6.45) is 4.65. The van der Waals surface area contributed by atoms with Gasteiger partial charge in [-0.1, -0.05) is 18.6 Å². The van der Waals surface area contributed by atoms with Gasteiger partial charge in [0.05, 0.1) is 23.9 Å². The van der Waals surface area contributed by atoms with Crippen molar-refractivity contribution < 1.29 is 13.2 Å². The minimum Gasteiger partial charge on any atom is -0.497 e. The number of rotatable bonds is 7. The molecule has 7 nitrogen and oxygen atoms in total. The normalized spacial score (nSPS) is 15.3. The molecule has 3 aromatic rings. The molecular formula is C22H24N4O3S2. The first-order valence-corrected chi connectivity index (χ1v) is 12.4. The van der Waals surface area contributed by atoms with E-state index >= 15 is 0 Å². The van der Waals surface area contributed by atoms with Crippen LogP contribution in [-0.2, 0) is 10.0 Å². The molecule has 0 bridgehead atoms. The molecule has 0 radical (unpaired) electrons. The Bertz CT molecular complexity index is 1130. The van der Waals surface area contributed by atoms with E-state index in [1.807, 2.05) is 29.6 Å². The lowest BCUT2D eigenvalue weighted by Gasteiger charge is -2.25. The van der Waals surface area contributed by atoms with Gasteiger partial charge in [0.25, 0.3) is 0 Å². The molecule has 0 amide bonds. The van der Waals surface area contributed by atoms with E-state index in [1.54, 1.807) is 41.9 Å². The topological polar surface area (TPSA) is 83.9 Å². The molecule has 1 N–H and O–H groups in total. The predicted molar refractivity (Wildman–Crippen MR) is 124 cm³/mol. The van der Waals surface area contributed by atoms with Crippen molar-refractivity contribution in [1.82, 2.24) is 9.29 Å². The molecular weight excluding hydrogens is 432 g/mol. The lowest BCUT2D eigenvalue weighted by molar-refractivity contribution is 0.346. The highest BCUT2D eigenvalue weighted by Gasteiger charge is 2.25. The SMILES string of the molecule is COc1ccc(/C=N\Nc2nc(-c3ccc(S(=O)(=O)N4CCCCC4)cc3)cs2)cc1. The first kappa shape index (κ1) is 21.5. The van der Waals surface area contributed by atoms with E-state index < -0.39 is 10.0 Å². The Kier molecular flexibility index (Phi) is 6.64. The number of anilines is 1. The van der Waals surface area contributed by atoms with Crippen LogP contribution in [0.1, 0.15) is 24.8 Å². The number of ether oxygens (including phenoxy) is 1. The number of nitrogens with zero attached hydrogens (tertiary/aromatic N) is 3. The smallest absolute Gasteiger partial charge is 0.243 e. The Morgan fingerprint density at radius 1 is 1.06 bits per heavy atom. The fourth-order valence-corrected chi connectivity index (χ4v) is 5.55. The minimum absolute atomic E-state index is 0.329. The van der Waals surface area contributed by atoms with E-state index in [0.717, 1.165) is 41.8 Å². The van der Waals surface area contributed by atoms with Crippen LogP contribution in [0.4, 0.5) is 5.13 Å². The summed E-state index contributed by atoms with van der Waals surface area (Å²) in [5.41, 5.74) is 5.51. The molecule has 1 saturated heterocycles. The Hall–Kier alpha value is -2.75. The molecule has 1 aromatic heterocycles. The lowest BCUT2D eigenvalue weighted by Crippen LogP contribution is -2.35. The third-order valence-corrected chi connectivity index (χ3v) is 7.76. The molecule has 0 unspecified atom stereocenters. The molecule has 1 fully saturated rings. The molecule has 9 heteroatoms. The summed E-state index contributed by atoms with van der Waals surface area (Å²) in [4.78, 5) is 4.86. The quantitative estimate of drug-likeness (QED) is 0.420. The maximum Gasteiger partial charge on any atom is 0.243 e. The fourth-order valence-electron chi connectivity index (χ4n) is 3.36. The first-order valence-electron chi connectivity index (χ1n) is 10.1. The monoisotopic (exact) mass is 456 g/mol. The van der Waals surface area contributed by atoms with E-state index in [9.17, 15) is 8.42 Å². The van der Waals surface area contributed by atoms with E-state index in [2.05, 4.69) is 15.5 Å². The van der Waals surface area contributed by atoms with Gasteiger partial charge >= 0.3 is 0 Å². The van der Waals surface area contributed by atoms with Crippen molar-refractivity contribution in [2.24, 2.45) is 5.10 Å². The summed E-state index contributed by atoms with van der Waals surface area (Å²) in [5.74, 6) is 0.796. The van der Waals surface area contributed by atoms with E-state index in [0.29, 0.717) is 23.1 Å². The number of hydrogen-bond acceptors (Lipinski definition) is 7. The van der Waals surface area contributed by atoms with Gasteiger partial charge in [-0.05, 0) is 54.8 Å². The molecule has 4 rings (SSSR count). The van der Waals surface area contributed by atoms with Crippen LogP contribution >= 0.6 is 11.3 Å². The maximum absolute atomic E-state index is 12.8. The number of aromatic nitrogens is 1. The highest BCUT2D eigenvalue weighted by molar-refractivity contribution is 7.89. The fraction of sp³-hybridized carbons (Fsp3) is 0.273. The second-order valence-corrected chi connectivity index (χ2v) is 9.97. The molecule has 2 aromatic carbocycles. The van der Waals surface area contributed by atoms with E-state index in [4.69, 9.17) is 4.74 Å². The summed E-state index contributed by atoms with van der Waals surface area (Å²) >= 11 is 1.44. The Balaban J connectivity index is 1.41. The van der Waals surface area contributed by atoms with Crippen LogP contribution in [0.5, 0.6) is 5.75 Å². The molecule has 0 saturated carbocycles. The molecule has 31 heavy (non-hydrogen) atoms. The van der Waals surface area contributed by atoms with Gasteiger partial charge in [0.1, 0.15) is 5.75 Å². The van der Waals surface area contributed by atoms with Crippen molar-refractivity contribution in [1.29, 1.82) is 0 Å². The average molecular weight is 457 g/mol. The number of sulfonamides is 1. The highest BCUT2D eigenvalue weighted by Crippen LogP contribution is 2.27. The zero-order valence-corrected chi connectivity index (χ0v) is 18.8. The number of benzene rings is 2. The van der Waals surface area contributed by atoms with Crippen LogP contribution in [-0.4, -0.2) is 44.1 Å². The van der Waals surface area contributed by atoms with Gasteiger partial charge in [-0.2, -0.15) is 9.41 Å². The molecule has 0 atom stereocenters. The lowest BCUT2D eigenvalue weighted by atomic mass is 10.2. The summed E-state index contributed by atoms with van der Waals surface area (Å²) in [5, 5.41) is 6.79. The van der Waals surface area contributed by atoms with Crippen LogP contribution in [0.2, 0.25) is 0 Å². The van der Waals surface area contributed by atoms with E-state index in [1.165, 1.54) is 11.3 Å². The van der Waals surface area contributed by atoms with Crippen LogP contribution in [0.15, 0.2) is 63.9 Å². The highest BCUT2D eigenvalue weighted by atomic mass is 32.2. The molecule has 0 spiro atoms. The van der Waals surface area contributed by atoms with Crippen molar-refractivity contribution in [3.8, 4) is 17.0 Å². The van der Waals surface area contributed by atoms with Gasteiger partial charge in [0.2, 0.25) is 15.2 Å². The largest absolute Gasteiger partial charge is 0.497 e. The number of methoxy groups -OCH3 is 1. The van der Waals surface area contributed by atoms with Crippen molar-refractivity contribution >= 4 is 32.7 Å². The van der Waals surface area contributed by atoms with Gasteiger partial charge in [-0.15, -0.1) is 11.3 Å². The van der Waals surface area contributed by atoms with Gasteiger partial charge in [-0.3, -0.25) is 5.43 Å². The van der Waals surface area contributed by atoms with Gasteiger partial charge in [0, 0.05) is 24.0 Å².